The molecule has 0 atom stereocenters. The van der Waals surface area contributed by atoms with Gasteiger partial charge in [-0.3, -0.25) is 4.79 Å². The van der Waals surface area contributed by atoms with Crippen molar-refractivity contribution in [2.24, 2.45) is 0 Å². The Morgan fingerprint density at radius 1 is 1.41 bits per heavy atom. The number of nitrogens with zero attached hydrogens (tertiary/aromatic N) is 3. The minimum atomic E-state index is -0.223. The van der Waals surface area contributed by atoms with Crippen LogP contribution in [0.2, 0.25) is 0 Å². The maximum absolute atomic E-state index is 12.1. The Balaban J connectivity index is 3.02. The summed E-state index contributed by atoms with van der Waals surface area (Å²) in [5.41, 5.74) is 0.879. The molecule has 0 saturated carbocycles. The van der Waals surface area contributed by atoms with Gasteiger partial charge in [-0.1, -0.05) is 6.07 Å². The molecule has 17 heavy (non-hydrogen) atoms. The summed E-state index contributed by atoms with van der Waals surface area (Å²) in [4.78, 5) is 13.6. The van der Waals surface area contributed by atoms with Crippen LogP contribution < -0.4 is 0 Å². The average molecular weight is 227 g/mol. The molecule has 0 fully saturated rings. The van der Waals surface area contributed by atoms with E-state index in [1.807, 2.05) is 26.0 Å². The topological polar surface area (TPSA) is 67.9 Å². The van der Waals surface area contributed by atoms with Crippen molar-refractivity contribution in [2.75, 3.05) is 6.54 Å². The van der Waals surface area contributed by atoms with Crippen molar-refractivity contribution >= 4 is 5.91 Å². The summed E-state index contributed by atoms with van der Waals surface area (Å²) >= 11 is 0. The molecule has 4 heteroatoms. The molecule has 1 aromatic carbocycles. The number of hydrogen-bond acceptors (Lipinski definition) is 3. The highest BCUT2D eigenvalue weighted by atomic mass is 16.2. The van der Waals surface area contributed by atoms with E-state index in [0.717, 1.165) is 0 Å². The third kappa shape index (κ3) is 3.06. The van der Waals surface area contributed by atoms with Gasteiger partial charge in [-0.15, -0.1) is 0 Å². The predicted octanol–water partition coefficient (Wildman–Crippen LogP) is 1.93. The summed E-state index contributed by atoms with van der Waals surface area (Å²) in [5, 5.41) is 17.5. The molecule has 0 saturated heterocycles. The molecule has 86 valence electrons. The van der Waals surface area contributed by atoms with Crippen molar-refractivity contribution in [3.63, 3.8) is 0 Å². The van der Waals surface area contributed by atoms with Crippen LogP contribution in [0.1, 0.15) is 29.8 Å². The lowest BCUT2D eigenvalue weighted by molar-refractivity contribution is 0.0731. The van der Waals surface area contributed by atoms with Gasteiger partial charge in [0.1, 0.15) is 6.54 Å². The molecule has 0 aliphatic heterocycles. The lowest BCUT2D eigenvalue weighted by Gasteiger charge is -2.23. The van der Waals surface area contributed by atoms with Gasteiger partial charge in [-0.2, -0.15) is 10.5 Å². The highest BCUT2D eigenvalue weighted by molar-refractivity contribution is 5.94. The van der Waals surface area contributed by atoms with Gasteiger partial charge in [0.15, 0.2) is 0 Å². The highest BCUT2D eigenvalue weighted by Crippen LogP contribution is 2.10. The third-order valence-electron chi connectivity index (χ3n) is 2.36. The van der Waals surface area contributed by atoms with E-state index in [0.29, 0.717) is 11.1 Å². The predicted molar refractivity (Wildman–Crippen MR) is 62.9 cm³/mol. The highest BCUT2D eigenvalue weighted by Gasteiger charge is 2.18. The second-order valence-corrected chi connectivity index (χ2v) is 3.88. The number of amides is 1. The maximum atomic E-state index is 12.1. The Bertz CT molecular complexity index is 494. The van der Waals surface area contributed by atoms with Crippen LogP contribution in [0.15, 0.2) is 24.3 Å². The Labute approximate surface area is 101 Å². The van der Waals surface area contributed by atoms with E-state index in [-0.39, 0.29) is 18.5 Å². The molecule has 0 aromatic heterocycles. The summed E-state index contributed by atoms with van der Waals surface area (Å²) in [6.07, 6.45) is 0. The van der Waals surface area contributed by atoms with Crippen molar-refractivity contribution < 1.29 is 4.79 Å². The molecule has 1 aromatic rings. The van der Waals surface area contributed by atoms with Crippen molar-refractivity contribution in [3.05, 3.63) is 35.4 Å². The first-order valence-corrected chi connectivity index (χ1v) is 5.28. The number of rotatable bonds is 3. The monoisotopic (exact) mass is 227 g/mol. The third-order valence-corrected chi connectivity index (χ3v) is 2.36. The van der Waals surface area contributed by atoms with E-state index in [4.69, 9.17) is 10.5 Å². The molecule has 1 amide bonds. The summed E-state index contributed by atoms with van der Waals surface area (Å²) in [6, 6.07) is 10.4. The Morgan fingerprint density at radius 3 is 2.65 bits per heavy atom. The molecule has 0 aliphatic carbocycles. The van der Waals surface area contributed by atoms with Crippen molar-refractivity contribution in [1.82, 2.24) is 4.90 Å². The smallest absolute Gasteiger partial charge is 0.254 e. The number of benzene rings is 1. The molecule has 0 spiro atoms. The molecule has 0 unspecified atom stereocenters. The summed E-state index contributed by atoms with van der Waals surface area (Å²) in [6.45, 7) is 3.75. The van der Waals surface area contributed by atoms with Gasteiger partial charge in [0, 0.05) is 11.6 Å². The molecular formula is C13H13N3O. The fraction of sp³-hybridized carbons (Fsp3) is 0.308. The number of carbonyl (C=O) groups is 1. The summed E-state index contributed by atoms with van der Waals surface area (Å²) in [7, 11) is 0. The van der Waals surface area contributed by atoms with Crippen LogP contribution in [0.5, 0.6) is 0 Å². The standard InChI is InChI=1S/C13H13N3O/c1-10(2)16(7-6-14)13(17)12-5-3-4-11(8-12)9-15/h3-5,8,10H,7H2,1-2H3. The quantitative estimate of drug-likeness (QED) is 0.741. The van der Waals surface area contributed by atoms with E-state index in [2.05, 4.69) is 0 Å². The van der Waals surface area contributed by atoms with Gasteiger partial charge < -0.3 is 4.90 Å². The Kier molecular flexibility index (Phi) is 4.25. The van der Waals surface area contributed by atoms with Crippen LogP contribution in [-0.4, -0.2) is 23.4 Å². The zero-order valence-electron chi connectivity index (χ0n) is 9.84. The van der Waals surface area contributed by atoms with Gasteiger partial charge in [0.2, 0.25) is 0 Å². The van der Waals surface area contributed by atoms with Crippen LogP contribution in [0.4, 0.5) is 0 Å². The molecule has 0 aliphatic rings. The molecule has 0 bridgehead atoms. The minimum absolute atomic E-state index is 0.0482. The van der Waals surface area contributed by atoms with E-state index >= 15 is 0 Å². The lowest BCUT2D eigenvalue weighted by Crippen LogP contribution is -2.37. The van der Waals surface area contributed by atoms with Gasteiger partial charge in [0.25, 0.3) is 5.91 Å². The zero-order valence-corrected chi connectivity index (χ0v) is 9.84. The van der Waals surface area contributed by atoms with Gasteiger partial charge in [-0.05, 0) is 32.0 Å². The lowest BCUT2D eigenvalue weighted by atomic mass is 10.1. The first-order chi connectivity index (χ1) is 8.10. The van der Waals surface area contributed by atoms with Crippen LogP contribution in [0.25, 0.3) is 0 Å². The molecular weight excluding hydrogens is 214 g/mol. The Morgan fingerprint density at radius 2 is 2.12 bits per heavy atom. The van der Waals surface area contributed by atoms with Crippen molar-refractivity contribution in [2.45, 2.75) is 19.9 Å². The SMILES string of the molecule is CC(C)N(CC#N)C(=O)c1cccc(C#N)c1. The van der Waals surface area contributed by atoms with Crippen LogP contribution >= 0.6 is 0 Å². The summed E-state index contributed by atoms with van der Waals surface area (Å²) in [5.74, 6) is -0.223. The van der Waals surface area contributed by atoms with Crippen LogP contribution in [0, 0.1) is 22.7 Å². The van der Waals surface area contributed by atoms with E-state index in [1.165, 1.54) is 11.0 Å². The fourth-order valence-corrected chi connectivity index (χ4v) is 1.45. The van der Waals surface area contributed by atoms with E-state index in [9.17, 15) is 4.79 Å². The second kappa shape index (κ2) is 5.67. The molecule has 0 N–H and O–H groups in total. The summed E-state index contributed by atoms with van der Waals surface area (Å²) < 4.78 is 0. The molecule has 0 heterocycles. The van der Waals surface area contributed by atoms with Crippen molar-refractivity contribution in [3.8, 4) is 12.1 Å². The van der Waals surface area contributed by atoms with E-state index < -0.39 is 0 Å². The number of carbonyl (C=O) groups excluding carboxylic acids is 1. The first kappa shape index (κ1) is 12.7. The number of hydrogen-bond donors (Lipinski definition) is 0. The van der Waals surface area contributed by atoms with Gasteiger partial charge >= 0.3 is 0 Å². The maximum Gasteiger partial charge on any atom is 0.254 e. The normalized spacial score (nSPS) is 9.47. The van der Waals surface area contributed by atoms with Gasteiger partial charge in [0.05, 0.1) is 17.7 Å². The van der Waals surface area contributed by atoms with Gasteiger partial charge in [-0.25, -0.2) is 0 Å². The van der Waals surface area contributed by atoms with Crippen LogP contribution in [0.3, 0.4) is 0 Å². The number of nitriles is 2. The second-order valence-electron chi connectivity index (χ2n) is 3.88. The van der Waals surface area contributed by atoms with E-state index in [1.54, 1.807) is 18.2 Å². The van der Waals surface area contributed by atoms with Crippen LogP contribution in [-0.2, 0) is 0 Å². The molecule has 1 rings (SSSR count). The Hall–Kier alpha value is -2.33. The zero-order chi connectivity index (χ0) is 12.8. The molecule has 0 radical (unpaired) electrons. The fourth-order valence-electron chi connectivity index (χ4n) is 1.45. The van der Waals surface area contributed by atoms with Crippen molar-refractivity contribution in [1.29, 1.82) is 10.5 Å². The average Bonchev–Trinajstić information content (AvgIpc) is 2.34. The first-order valence-electron chi connectivity index (χ1n) is 5.28. The largest absolute Gasteiger partial charge is 0.323 e. The molecule has 4 nitrogen and oxygen atoms in total. The minimum Gasteiger partial charge on any atom is -0.323 e.